The van der Waals surface area contributed by atoms with Gasteiger partial charge in [-0.2, -0.15) is 0 Å². The fourth-order valence-electron chi connectivity index (χ4n) is 1.97. The van der Waals surface area contributed by atoms with Gasteiger partial charge in [-0.1, -0.05) is 15.9 Å². The molecule has 1 aliphatic heterocycles. The number of carbonyl (C=O) groups is 1. The molecule has 0 radical (unpaired) electrons. The fourth-order valence-corrected chi connectivity index (χ4v) is 2.35. The minimum atomic E-state index is -0.329. The zero-order valence-corrected chi connectivity index (χ0v) is 12.1. The van der Waals surface area contributed by atoms with Crippen LogP contribution >= 0.6 is 15.9 Å². The Morgan fingerprint density at radius 2 is 2.21 bits per heavy atom. The molecule has 0 spiro atoms. The summed E-state index contributed by atoms with van der Waals surface area (Å²) in [6.45, 7) is 3.19. The molecule has 0 unspecified atom stereocenters. The first-order chi connectivity index (χ1) is 9.16. The van der Waals surface area contributed by atoms with Crippen LogP contribution < -0.4 is 5.32 Å². The second kappa shape index (κ2) is 6.82. The number of halogens is 2. The van der Waals surface area contributed by atoms with Crippen LogP contribution in [0.2, 0.25) is 0 Å². The smallest absolute Gasteiger partial charge is 0.246 e. The summed E-state index contributed by atoms with van der Waals surface area (Å²) in [5.41, 5.74) is 0.413. The lowest BCUT2D eigenvalue weighted by Crippen LogP contribution is -2.32. The number of nitrogens with one attached hydrogen (secondary N) is 1. The maximum atomic E-state index is 13.5. The van der Waals surface area contributed by atoms with E-state index in [0.29, 0.717) is 12.1 Å². The number of carbonyl (C=O) groups excluding carboxylic acids is 1. The molecule has 0 aliphatic carbocycles. The molecule has 19 heavy (non-hydrogen) atoms. The van der Waals surface area contributed by atoms with Crippen molar-refractivity contribution in [1.82, 2.24) is 10.2 Å². The van der Waals surface area contributed by atoms with E-state index in [0.717, 1.165) is 30.5 Å². The molecule has 0 atom stereocenters. The summed E-state index contributed by atoms with van der Waals surface area (Å²) in [6.07, 6.45) is 3.92. The number of benzene rings is 1. The second-order valence-electron chi connectivity index (χ2n) is 4.43. The van der Waals surface area contributed by atoms with Gasteiger partial charge in [0.25, 0.3) is 0 Å². The molecule has 1 saturated heterocycles. The highest BCUT2D eigenvalue weighted by atomic mass is 79.9. The van der Waals surface area contributed by atoms with Crippen molar-refractivity contribution in [3.63, 3.8) is 0 Å². The average molecular weight is 327 g/mol. The van der Waals surface area contributed by atoms with E-state index in [1.807, 2.05) is 0 Å². The third kappa shape index (κ3) is 4.14. The van der Waals surface area contributed by atoms with E-state index in [2.05, 4.69) is 21.2 Å². The molecule has 2 rings (SSSR count). The Morgan fingerprint density at radius 1 is 1.37 bits per heavy atom. The highest BCUT2D eigenvalue weighted by molar-refractivity contribution is 9.10. The van der Waals surface area contributed by atoms with Gasteiger partial charge in [0.1, 0.15) is 5.82 Å². The van der Waals surface area contributed by atoms with Gasteiger partial charge in [0, 0.05) is 35.7 Å². The van der Waals surface area contributed by atoms with Gasteiger partial charge in [-0.25, -0.2) is 4.39 Å². The van der Waals surface area contributed by atoms with Gasteiger partial charge in [0.2, 0.25) is 5.91 Å². The molecule has 1 aromatic rings. The van der Waals surface area contributed by atoms with Gasteiger partial charge in [0.15, 0.2) is 0 Å². The minimum absolute atomic E-state index is 0.0666. The van der Waals surface area contributed by atoms with E-state index in [4.69, 9.17) is 0 Å². The number of hydrogen-bond donors (Lipinski definition) is 1. The summed E-state index contributed by atoms with van der Waals surface area (Å²) in [5.74, 6) is -0.396. The van der Waals surface area contributed by atoms with Crippen molar-refractivity contribution in [3.8, 4) is 0 Å². The summed E-state index contributed by atoms with van der Waals surface area (Å²) < 4.78 is 14.3. The maximum Gasteiger partial charge on any atom is 0.246 e. The summed E-state index contributed by atoms with van der Waals surface area (Å²) in [6, 6.07) is 4.67. The predicted octanol–water partition coefficient (Wildman–Crippen LogP) is 2.42. The molecule has 0 saturated carbocycles. The quantitative estimate of drug-likeness (QED) is 0.846. The van der Waals surface area contributed by atoms with Crippen molar-refractivity contribution < 1.29 is 9.18 Å². The standard InChI is InChI=1S/C14H16BrFN2O/c15-12-3-4-13(16)11(10-12)2-5-14(19)18-8-1-6-17-7-9-18/h2-5,10,17H,1,6-9H2. The molecule has 1 heterocycles. The summed E-state index contributed by atoms with van der Waals surface area (Å²) in [5, 5.41) is 3.24. The molecule has 1 aliphatic rings. The van der Waals surface area contributed by atoms with Gasteiger partial charge in [-0.3, -0.25) is 4.79 Å². The van der Waals surface area contributed by atoms with E-state index in [9.17, 15) is 9.18 Å². The number of nitrogens with zero attached hydrogens (tertiary/aromatic N) is 1. The van der Waals surface area contributed by atoms with Crippen LogP contribution in [0.15, 0.2) is 28.7 Å². The van der Waals surface area contributed by atoms with Gasteiger partial charge in [-0.15, -0.1) is 0 Å². The molecule has 1 N–H and O–H groups in total. The van der Waals surface area contributed by atoms with Crippen LogP contribution in [0.4, 0.5) is 4.39 Å². The molecule has 3 nitrogen and oxygen atoms in total. The van der Waals surface area contributed by atoms with Crippen molar-refractivity contribution in [2.45, 2.75) is 6.42 Å². The fraction of sp³-hybridized carbons (Fsp3) is 0.357. The van der Waals surface area contributed by atoms with E-state index in [1.165, 1.54) is 18.2 Å². The lowest BCUT2D eigenvalue weighted by atomic mass is 10.2. The molecular weight excluding hydrogens is 311 g/mol. The summed E-state index contributed by atoms with van der Waals surface area (Å²) >= 11 is 3.29. The number of amides is 1. The largest absolute Gasteiger partial charge is 0.338 e. The van der Waals surface area contributed by atoms with Gasteiger partial charge in [-0.05, 0) is 37.2 Å². The molecule has 1 fully saturated rings. The van der Waals surface area contributed by atoms with Gasteiger partial charge < -0.3 is 10.2 Å². The Bertz CT molecular complexity index is 482. The van der Waals surface area contributed by atoms with Crippen molar-refractivity contribution in [2.24, 2.45) is 0 Å². The van der Waals surface area contributed by atoms with Crippen LogP contribution in [0.1, 0.15) is 12.0 Å². The van der Waals surface area contributed by atoms with Crippen molar-refractivity contribution >= 4 is 27.9 Å². The van der Waals surface area contributed by atoms with E-state index in [1.54, 1.807) is 17.0 Å². The molecule has 0 bridgehead atoms. The van der Waals surface area contributed by atoms with Crippen molar-refractivity contribution in [2.75, 3.05) is 26.2 Å². The summed E-state index contributed by atoms with van der Waals surface area (Å²) in [4.78, 5) is 13.8. The Balaban J connectivity index is 2.04. The number of rotatable bonds is 2. The Hall–Kier alpha value is -1.20. The van der Waals surface area contributed by atoms with Gasteiger partial charge >= 0.3 is 0 Å². The predicted molar refractivity (Wildman–Crippen MR) is 77.2 cm³/mol. The van der Waals surface area contributed by atoms with E-state index < -0.39 is 0 Å². The molecule has 102 valence electrons. The second-order valence-corrected chi connectivity index (χ2v) is 5.34. The Kier molecular flexibility index (Phi) is 5.10. The monoisotopic (exact) mass is 326 g/mol. The Labute approximate surface area is 120 Å². The van der Waals surface area contributed by atoms with Gasteiger partial charge in [0.05, 0.1) is 0 Å². The molecule has 5 heteroatoms. The normalized spacial score (nSPS) is 16.6. The SMILES string of the molecule is O=C(C=Cc1cc(Br)ccc1F)N1CCCNCC1. The van der Waals surface area contributed by atoms with Crippen LogP contribution in [-0.2, 0) is 4.79 Å². The van der Waals surface area contributed by atoms with E-state index >= 15 is 0 Å². The molecule has 0 aromatic heterocycles. The zero-order valence-electron chi connectivity index (χ0n) is 10.5. The average Bonchev–Trinajstić information content (AvgIpc) is 2.68. The highest BCUT2D eigenvalue weighted by Crippen LogP contribution is 2.16. The van der Waals surface area contributed by atoms with E-state index in [-0.39, 0.29) is 11.7 Å². The number of hydrogen-bond acceptors (Lipinski definition) is 2. The van der Waals surface area contributed by atoms with Crippen molar-refractivity contribution in [3.05, 3.63) is 40.1 Å². The van der Waals surface area contributed by atoms with Crippen LogP contribution in [0.25, 0.3) is 6.08 Å². The van der Waals surface area contributed by atoms with Crippen molar-refractivity contribution in [1.29, 1.82) is 0 Å². The van der Waals surface area contributed by atoms with Crippen LogP contribution in [-0.4, -0.2) is 37.0 Å². The third-order valence-corrected chi connectivity index (χ3v) is 3.51. The minimum Gasteiger partial charge on any atom is -0.338 e. The zero-order chi connectivity index (χ0) is 13.7. The summed E-state index contributed by atoms with van der Waals surface area (Å²) in [7, 11) is 0. The molecule has 1 amide bonds. The first-order valence-electron chi connectivity index (χ1n) is 6.29. The topological polar surface area (TPSA) is 32.3 Å². The van der Waals surface area contributed by atoms with Crippen LogP contribution in [0.3, 0.4) is 0 Å². The first-order valence-corrected chi connectivity index (χ1v) is 7.09. The first kappa shape index (κ1) is 14.2. The Morgan fingerprint density at radius 3 is 3.05 bits per heavy atom. The van der Waals surface area contributed by atoms with Crippen LogP contribution in [0.5, 0.6) is 0 Å². The third-order valence-electron chi connectivity index (χ3n) is 3.02. The lowest BCUT2D eigenvalue weighted by Gasteiger charge is -2.17. The molecule has 1 aromatic carbocycles. The van der Waals surface area contributed by atoms with Crippen LogP contribution in [0, 0.1) is 5.82 Å². The lowest BCUT2D eigenvalue weighted by molar-refractivity contribution is -0.125. The highest BCUT2D eigenvalue weighted by Gasteiger charge is 2.12. The maximum absolute atomic E-state index is 13.5. The molecular formula is C14H16BrFN2O.